The second-order valence-electron chi connectivity index (χ2n) is 4.66. The molecule has 1 aromatic heterocycles. The topological polar surface area (TPSA) is 73.4 Å². The number of benzene rings is 2. The van der Waals surface area contributed by atoms with E-state index < -0.39 is 0 Å². The van der Waals surface area contributed by atoms with Gasteiger partial charge in [0.15, 0.2) is 11.4 Å². The molecule has 0 saturated carbocycles. The van der Waals surface area contributed by atoms with Crippen molar-refractivity contribution in [3.05, 3.63) is 46.2 Å². The highest BCUT2D eigenvalue weighted by Gasteiger charge is 2.26. The first kappa shape index (κ1) is 12.0. The summed E-state index contributed by atoms with van der Waals surface area (Å²) >= 11 is 3.55. The van der Waals surface area contributed by atoms with Crippen molar-refractivity contribution in [2.24, 2.45) is 0 Å². The van der Waals surface area contributed by atoms with Crippen molar-refractivity contribution in [2.45, 2.75) is 0 Å². The smallest absolute Gasteiger partial charge is 0.177 e. The van der Waals surface area contributed by atoms with Gasteiger partial charge in [-0.3, -0.25) is 0 Å². The van der Waals surface area contributed by atoms with Crippen molar-refractivity contribution >= 4 is 26.7 Å². The lowest BCUT2D eigenvalue weighted by molar-refractivity contribution is 1.15. The zero-order valence-corrected chi connectivity index (χ0v) is 12.1. The highest BCUT2D eigenvalue weighted by atomic mass is 79.9. The van der Waals surface area contributed by atoms with E-state index in [9.17, 15) is 0 Å². The Bertz CT molecular complexity index is 978. The Morgan fingerprint density at radius 3 is 2.10 bits per heavy atom. The average Bonchev–Trinajstić information content (AvgIpc) is 2.84. The Balaban J connectivity index is 2.20. The minimum absolute atomic E-state index is 0.0696. The van der Waals surface area contributed by atoms with Crippen molar-refractivity contribution < 1.29 is 0 Å². The van der Waals surface area contributed by atoms with Crippen LogP contribution in [-0.4, -0.2) is 9.97 Å². The van der Waals surface area contributed by atoms with Crippen LogP contribution in [0, 0.1) is 22.7 Å². The van der Waals surface area contributed by atoms with Crippen LogP contribution in [-0.2, 0) is 0 Å². The second kappa shape index (κ2) is 4.12. The van der Waals surface area contributed by atoms with E-state index >= 15 is 0 Å². The van der Waals surface area contributed by atoms with E-state index in [1.807, 2.05) is 42.5 Å². The number of hydrogen-bond donors (Lipinski definition) is 0. The molecular formula is C16H5BrN4. The molecule has 4 rings (SSSR count). The quantitative estimate of drug-likeness (QED) is 0.491. The molecular weight excluding hydrogens is 328 g/mol. The molecule has 96 valence electrons. The molecule has 2 aromatic carbocycles. The summed E-state index contributed by atoms with van der Waals surface area (Å²) in [6, 6.07) is 13.7. The Hall–Kier alpha value is -2.76. The van der Waals surface area contributed by atoms with Gasteiger partial charge in [-0.1, -0.05) is 40.2 Å². The van der Waals surface area contributed by atoms with Crippen LogP contribution in [0.4, 0.5) is 0 Å². The van der Waals surface area contributed by atoms with Crippen LogP contribution in [0.5, 0.6) is 0 Å². The van der Waals surface area contributed by atoms with Gasteiger partial charge < -0.3 is 0 Å². The summed E-state index contributed by atoms with van der Waals surface area (Å²) in [5, 5.41) is 20.4. The molecule has 4 nitrogen and oxygen atoms in total. The molecule has 0 aliphatic heterocycles. The molecule has 0 fully saturated rings. The van der Waals surface area contributed by atoms with Gasteiger partial charge >= 0.3 is 0 Å². The lowest BCUT2D eigenvalue weighted by atomic mass is 10.0. The fourth-order valence-electron chi connectivity index (χ4n) is 2.73. The first-order valence-electron chi connectivity index (χ1n) is 6.19. The van der Waals surface area contributed by atoms with E-state index in [0.717, 1.165) is 26.4 Å². The molecule has 1 aliphatic rings. The molecule has 0 atom stereocenters. The molecule has 3 aromatic rings. The predicted octanol–water partition coefficient (Wildman–Crippen LogP) is 3.78. The summed E-state index contributed by atoms with van der Waals surface area (Å²) in [7, 11) is 0. The van der Waals surface area contributed by atoms with Crippen molar-refractivity contribution in [1.29, 1.82) is 10.5 Å². The van der Waals surface area contributed by atoms with Crippen LogP contribution >= 0.6 is 15.9 Å². The molecule has 1 heterocycles. The number of hydrogen-bond acceptors (Lipinski definition) is 4. The molecule has 0 radical (unpaired) electrons. The first-order chi connectivity index (χ1) is 10.2. The van der Waals surface area contributed by atoms with Crippen LogP contribution in [0.1, 0.15) is 11.4 Å². The summed E-state index contributed by atoms with van der Waals surface area (Å²) in [4.78, 5) is 8.70. The fraction of sp³-hybridized carbons (Fsp3) is 0. The maximum absolute atomic E-state index is 9.12. The lowest BCUT2D eigenvalue weighted by Crippen LogP contribution is -1.97. The van der Waals surface area contributed by atoms with Crippen molar-refractivity contribution in [3.63, 3.8) is 0 Å². The van der Waals surface area contributed by atoms with Gasteiger partial charge in [0.1, 0.15) is 12.1 Å². The summed E-state index contributed by atoms with van der Waals surface area (Å²) < 4.78 is 0.997. The number of aromatic nitrogens is 2. The Kier molecular flexibility index (Phi) is 2.35. The molecule has 0 saturated heterocycles. The van der Waals surface area contributed by atoms with Crippen LogP contribution in [0.25, 0.3) is 33.3 Å². The fourth-order valence-corrected chi connectivity index (χ4v) is 3.20. The van der Waals surface area contributed by atoms with Gasteiger partial charge in [0.2, 0.25) is 0 Å². The first-order valence-corrected chi connectivity index (χ1v) is 6.98. The molecule has 0 amide bonds. The summed E-state index contributed by atoms with van der Waals surface area (Å²) in [5.41, 5.74) is 3.38. The minimum atomic E-state index is 0.0696. The summed E-state index contributed by atoms with van der Waals surface area (Å²) in [6.45, 7) is 0. The van der Waals surface area contributed by atoms with Gasteiger partial charge in [-0.05, 0) is 11.5 Å². The van der Waals surface area contributed by atoms with Gasteiger partial charge in [-0.2, -0.15) is 10.5 Å². The predicted molar refractivity (Wildman–Crippen MR) is 81.1 cm³/mol. The number of nitriles is 2. The van der Waals surface area contributed by atoms with E-state index in [0.29, 0.717) is 11.4 Å². The molecule has 5 heteroatoms. The standard InChI is InChI=1S/C16H5BrN4/c17-11-5-4-10-14-8(11)2-1-3-9(14)15-16(10)21-13(7-19)12(6-18)20-15/h1-5H. The zero-order chi connectivity index (χ0) is 14.6. The van der Waals surface area contributed by atoms with Crippen LogP contribution in [0.2, 0.25) is 0 Å². The van der Waals surface area contributed by atoms with Crippen molar-refractivity contribution in [3.8, 4) is 34.7 Å². The third-order valence-electron chi connectivity index (χ3n) is 3.61. The second-order valence-corrected chi connectivity index (χ2v) is 5.52. The largest absolute Gasteiger partial charge is 0.232 e. The summed E-state index contributed by atoms with van der Waals surface area (Å²) in [6.07, 6.45) is 0. The monoisotopic (exact) mass is 332 g/mol. The Labute approximate surface area is 128 Å². The number of rotatable bonds is 0. The molecule has 0 unspecified atom stereocenters. The van der Waals surface area contributed by atoms with Crippen molar-refractivity contribution in [1.82, 2.24) is 9.97 Å². The van der Waals surface area contributed by atoms with Gasteiger partial charge in [-0.15, -0.1) is 0 Å². The molecule has 0 N–H and O–H groups in total. The highest BCUT2D eigenvalue weighted by molar-refractivity contribution is 9.10. The molecule has 0 spiro atoms. The van der Waals surface area contributed by atoms with E-state index in [1.54, 1.807) is 0 Å². The zero-order valence-electron chi connectivity index (χ0n) is 10.6. The Morgan fingerprint density at radius 2 is 1.48 bits per heavy atom. The van der Waals surface area contributed by atoms with E-state index in [1.165, 1.54) is 0 Å². The van der Waals surface area contributed by atoms with Crippen LogP contribution < -0.4 is 0 Å². The maximum Gasteiger partial charge on any atom is 0.177 e. The van der Waals surface area contributed by atoms with E-state index in [4.69, 9.17) is 10.5 Å². The molecule has 1 aliphatic carbocycles. The number of fused-ring (bicyclic) bond motifs is 3. The van der Waals surface area contributed by atoms with Gasteiger partial charge in [0, 0.05) is 21.0 Å². The molecule has 21 heavy (non-hydrogen) atoms. The van der Waals surface area contributed by atoms with E-state index in [2.05, 4.69) is 25.9 Å². The molecule has 0 bridgehead atoms. The van der Waals surface area contributed by atoms with Gasteiger partial charge in [0.05, 0.1) is 11.4 Å². The van der Waals surface area contributed by atoms with Crippen LogP contribution in [0.3, 0.4) is 0 Å². The normalized spacial score (nSPS) is 11.0. The maximum atomic E-state index is 9.12. The third-order valence-corrected chi connectivity index (χ3v) is 4.30. The van der Waals surface area contributed by atoms with Crippen molar-refractivity contribution in [2.75, 3.05) is 0 Å². The van der Waals surface area contributed by atoms with Crippen LogP contribution in [0.15, 0.2) is 34.8 Å². The number of halogens is 1. The lowest BCUT2D eigenvalue weighted by Gasteiger charge is -2.03. The number of nitrogens with zero attached hydrogens (tertiary/aromatic N) is 4. The Morgan fingerprint density at radius 1 is 0.857 bits per heavy atom. The highest BCUT2D eigenvalue weighted by Crippen LogP contribution is 2.46. The van der Waals surface area contributed by atoms with Gasteiger partial charge in [-0.25, -0.2) is 9.97 Å². The summed E-state index contributed by atoms with van der Waals surface area (Å²) in [5.74, 6) is 0. The van der Waals surface area contributed by atoms with Gasteiger partial charge in [0.25, 0.3) is 0 Å². The SMILES string of the molecule is N#Cc1nc2c(nc1C#N)-c1ccc(Br)c3cccc-2c13. The average molecular weight is 333 g/mol. The minimum Gasteiger partial charge on any atom is -0.232 e. The van der Waals surface area contributed by atoms with E-state index in [-0.39, 0.29) is 11.4 Å². The third kappa shape index (κ3) is 1.47.